The second-order valence-electron chi connectivity index (χ2n) is 6.80. The van der Waals surface area contributed by atoms with Crippen LogP contribution in [0.1, 0.15) is 25.0 Å². The molecule has 1 aliphatic carbocycles. The number of nitrogens with one attached hydrogen (secondary N) is 1. The van der Waals surface area contributed by atoms with Gasteiger partial charge in [0.05, 0.1) is 4.92 Å². The van der Waals surface area contributed by atoms with E-state index in [4.69, 9.17) is 0 Å². The summed E-state index contributed by atoms with van der Waals surface area (Å²) in [5.41, 5.74) is 6.20. The maximum atomic E-state index is 11.3. The summed E-state index contributed by atoms with van der Waals surface area (Å²) in [6.07, 6.45) is 0. The van der Waals surface area contributed by atoms with Crippen LogP contribution in [0.3, 0.4) is 0 Å². The summed E-state index contributed by atoms with van der Waals surface area (Å²) in [6, 6.07) is 21.2. The maximum absolute atomic E-state index is 11.3. The van der Waals surface area contributed by atoms with Crippen molar-refractivity contribution in [3.63, 3.8) is 0 Å². The molecule has 0 unspecified atom stereocenters. The van der Waals surface area contributed by atoms with Crippen molar-refractivity contribution < 1.29 is 4.92 Å². The molecule has 1 aliphatic rings. The van der Waals surface area contributed by atoms with Gasteiger partial charge in [0, 0.05) is 22.7 Å². The highest BCUT2D eigenvalue weighted by molar-refractivity contribution is 5.91. The van der Waals surface area contributed by atoms with Gasteiger partial charge in [-0.05, 0) is 28.8 Å². The highest BCUT2D eigenvalue weighted by Crippen LogP contribution is 2.51. The fourth-order valence-corrected chi connectivity index (χ4v) is 3.74. The Morgan fingerprint density at radius 2 is 1.48 bits per heavy atom. The molecule has 25 heavy (non-hydrogen) atoms. The van der Waals surface area contributed by atoms with E-state index in [1.807, 2.05) is 18.2 Å². The first-order chi connectivity index (χ1) is 12.0. The van der Waals surface area contributed by atoms with Gasteiger partial charge in [0.2, 0.25) is 0 Å². The van der Waals surface area contributed by atoms with Crippen molar-refractivity contribution in [3.05, 3.63) is 88.0 Å². The standard InChI is InChI=1S/C21H18N2O2/c1-21(2)15-9-4-3-8-14(15)20-16(21)10-7-12-18(20)22-17-11-5-6-13-19(17)23(24)25/h3-13,22H,1-2H3. The van der Waals surface area contributed by atoms with Gasteiger partial charge in [-0.25, -0.2) is 0 Å². The van der Waals surface area contributed by atoms with E-state index >= 15 is 0 Å². The van der Waals surface area contributed by atoms with E-state index in [-0.39, 0.29) is 16.0 Å². The van der Waals surface area contributed by atoms with Crippen LogP contribution in [0.15, 0.2) is 66.7 Å². The van der Waals surface area contributed by atoms with E-state index in [9.17, 15) is 10.1 Å². The normalized spacial score (nSPS) is 13.8. The van der Waals surface area contributed by atoms with E-state index in [0.29, 0.717) is 5.69 Å². The number of rotatable bonds is 3. The number of nitro benzene ring substituents is 1. The zero-order valence-corrected chi connectivity index (χ0v) is 14.1. The molecule has 0 spiro atoms. The third kappa shape index (κ3) is 2.30. The Balaban J connectivity index is 1.89. The molecule has 0 fully saturated rings. The van der Waals surface area contributed by atoms with E-state index in [1.165, 1.54) is 22.8 Å². The van der Waals surface area contributed by atoms with Gasteiger partial charge < -0.3 is 5.32 Å². The van der Waals surface area contributed by atoms with Crippen LogP contribution < -0.4 is 5.32 Å². The van der Waals surface area contributed by atoms with Gasteiger partial charge in [-0.1, -0.05) is 62.4 Å². The quantitative estimate of drug-likeness (QED) is 0.499. The van der Waals surface area contributed by atoms with Crippen molar-refractivity contribution in [2.24, 2.45) is 0 Å². The molecule has 0 saturated carbocycles. The summed E-state index contributed by atoms with van der Waals surface area (Å²) in [7, 11) is 0. The number of hydrogen-bond acceptors (Lipinski definition) is 3. The smallest absolute Gasteiger partial charge is 0.292 e. The predicted octanol–water partition coefficient (Wildman–Crippen LogP) is 5.64. The second kappa shape index (κ2) is 5.45. The van der Waals surface area contributed by atoms with Gasteiger partial charge in [0.1, 0.15) is 5.69 Å². The van der Waals surface area contributed by atoms with E-state index in [1.54, 1.807) is 18.2 Å². The van der Waals surface area contributed by atoms with Gasteiger partial charge in [0.25, 0.3) is 5.69 Å². The third-order valence-electron chi connectivity index (χ3n) is 4.98. The zero-order valence-electron chi connectivity index (χ0n) is 14.1. The van der Waals surface area contributed by atoms with Gasteiger partial charge >= 0.3 is 0 Å². The first kappa shape index (κ1) is 15.4. The zero-order chi connectivity index (χ0) is 17.6. The molecule has 4 heteroatoms. The highest BCUT2D eigenvalue weighted by Gasteiger charge is 2.36. The molecule has 124 valence electrons. The predicted molar refractivity (Wildman–Crippen MR) is 100 cm³/mol. The summed E-state index contributed by atoms with van der Waals surface area (Å²) in [5.74, 6) is 0. The molecule has 3 aromatic rings. The molecular weight excluding hydrogens is 312 g/mol. The Morgan fingerprint density at radius 1 is 0.840 bits per heavy atom. The second-order valence-corrected chi connectivity index (χ2v) is 6.80. The molecule has 3 aromatic carbocycles. The molecule has 1 N–H and O–H groups in total. The Bertz CT molecular complexity index is 993. The fraction of sp³-hybridized carbons (Fsp3) is 0.143. The van der Waals surface area contributed by atoms with Crippen molar-refractivity contribution >= 4 is 17.1 Å². The first-order valence-electron chi connectivity index (χ1n) is 8.24. The largest absolute Gasteiger partial charge is 0.349 e. The Hall–Kier alpha value is -3.14. The van der Waals surface area contributed by atoms with Crippen molar-refractivity contribution in [1.82, 2.24) is 0 Å². The lowest BCUT2D eigenvalue weighted by molar-refractivity contribution is -0.383. The van der Waals surface area contributed by atoms with Crippen molar-refractivity contribution in [2.45, 2.75) is 19.3 Å². The lowest BCUT2D eigenvalue weighted by Gasteiger charge is -2.21. The molecular formula is C21H18N2O2. The summed E-state index contributed by atoms with van der Waals surface area (Å²) in [5, 5.41) is 14.6. The maximum Gasteiger partial charge on any atom is 0.292 e. The van der Waals surface area contributed by atoms with Gasteiger partial charge in [-0.3, -0.25) is 10.1 Å². The summed E-state index contributed by atoms with van der Waals surface area (Å²) in [4.78, 5) is 11.0. The summed E-state index contributed by atoms with van der Waals surface area (Å²) < 4.78 is 0. The molecule has 0 aliphatic heterocycles. The SMILES string of the molecule is CC1(C)c2ccccc2-c2c(Nc3ccccc3[N+](=O)[O-])cccc21. The minimum Gasteiger partial charge on any atom is -0.349 e. The van der Waals surface area contributed by atoms with Crippen LogP contribution in [0.2, 0.25) is 0 Å². The highest BCUT2D eigenvalue weighted by atomic mass is 16.6. The Morgan fingerprint density at radius 3 is 2.28 bits per heavy atom. The molecule has 0 saturated heterocycles. The van der Waals surface area contributed by atoms with Crippen LogP contribution in [-0.4, -0.2) is 4.92 Å². The van der Waals surface area contributed by atoms with E-state index < -0.39 is 0 Å². The van der Waals surface area contributed by atoms with Crippen LogP contribution in [0.25, 0.3) is 11.1 Å². The molecule has 0 aromatic heterocycles. The van der Waals surface area contributed by atoms with Gasteiger partial charge in [-0.15, -0.1) is 0 Å². The Labute approximate surface area is 146 Å². The summed E-state index contributed by atoms with van der Waals surface area (Å²) in [6.45, 7) is 4.43. The fourth-order valence-electron chi connectivity index (χ4n) is 3.74. The van der Waals surface area contributed by atoms with E-state index in [0.717, 1.165) is 11.3 Å². The lowest BCUT2D eigenvalue weighted by Crippen LogP contribution is -2.14. The molecule has 4 nitrogen and oxygen atoms in total. The molecule has 0 bridgehead atoms. The first-order valence-corrected chi connectivity index (χ1v) is 8.24. The number of anilines is 2. The number of nitrogens with zero attached hydrogens (tertiary/aromatic N) is 1. The minimum absolute atomic E-state index is 0.0747. The molecule has 0 atom stereocenters. The van der Waals surface area contributed by atoms with Crippen molar-refractivity contribution in [3.8, 4) is 11.1 Å². The van der Waals surface area contributed by atoms with Crippen LogP contribution in [0, 0.1) is 10.1 Å². The monoisotopic (exact) mass is 330 g/mol. The van der Waals surface area contributed by atoms with E-state index in [2.05, 4.69) is 43.4 Å². The van der Waals surface area contributed by atoms with Crippen LogP contribution in [0.5, 0.6) is 0 Å². The molecule has 4 rings (SSSR count). The van der Waals surface area contributed by atoms with Crippen LogP contribution in [0.4, 0.5) is 17.1 Å². The average molecular weight is 330 g/mol. The number of hydrogen-bond donors (Lipinski definition) is 1. The van der Waals surface area contributed by atoms with Crippen molar-refractivity contribution in [2.75, 3.05) is 5.32 Å². The third-order valence-corrected chi connectivity index (χ3v) is 4.98. The lowest BCUT2D eigenvalue weighted by atomic mass is 9.82. The topological polar surface area (TPSA) is 55.2 Å². The van der Waals surface area contributed by atoms with Gasteiger partial charge in [0.15, 0.2) is 0 Å². The van der Waals surface area contributed by atoms with Gasteiger partial charge in [-0.2, -0.15) is 0 Å². The number of nitro groups is 1. The minimum atomic E-state index is -0.358. The summed E-state index contributed by atoms with van der Waals surface area (Å²) >= 11 is 0. The molecule has 0 amide bonds. The molecule has 0 heterocycles. The number of fused-ring (bicyclic) bond motifs is 3. The molecule has 0 radical (unpaired) electrons. The van der Waals surface area contributed by atoms with Crippen molar-refractivity contribution in [1.29, 1.82) is 0 Å². The number of benzene rings is 3. The Kier molecular flexibility index (Phi) is 3.35. The van der Waals surface area contributed by atoms with Crippen LogP contribution >= 0.6 is 0 Å². The van der Waals surface area contributed by atoms with Crippen LogP contribution in [-0.2, 0) is 5.41 Å². The average Bonchev–Trinajstić information content (AvgIpc) is 2.84. The number of para-hydroxylation sites is 2.